The molecule has 0 aliphatic carbocycles. The Bertz CT molecular complexity index is 828. The zero-order valence-corrected chi connectivity index (χ0v) is 15.7. The number of hydrogen-bond donors (Lipinski definition) is 2. The molecule has 0 aliphatic heterocycles. The van der Waals surface area contributed by atoms with Crippen LogP contribution in [0.3, 0.4) is 0 Å². The maximum absolute atomic E-state index is 11.5. The molecule has 5 nitrogen and oxygen atoms in total. The average Bonchev–Trinajstić information content (AvgIpc) is 2.58. The van der Waals surface area contributed by atoms with Crippen LogP contribution < -0.4 is 10.6 Å². The van der Waals surface area contributed by atoms with Gasteiger partial charge in [0.05, 0.1) is 11.4 Å². The molecule has 0 heterocycles. The van der Waals surface area contributed by atoms with Gasteiger partial charge in [0.2, 0.25) is 0 Å². The van der Waals surface area contributed by atoms with Gasteiger partial charge in [-0.05, 0) is 42.7 Å². The van der Waals surface area contributed by atoms with Crippen molar-refractivity contribution in [1.82, 2.24) is 10.6 Å². The smallest absolute Gasteiger partial charge is 0.191 e. The first-order chi connectivity index (χ1) is 11.9. The average molecular weight is 359 g/mol. The Morgan fingerprint density at radius 1 is 1.04 bits per heavy atom. The van der Waals surface area contributed by atoms with Crippen LogP contribution in [0, 0.1) is 6.92 Å². The van der Waals surface area contributed by atoms with Gasteiger partial charge in [-0.1, -0.05) is 36.4 Å². The second kappa shape index (κ2) is 8.67. The third-order valence-corrected chi connectivity index (χ3v) is 4.95. The quantitative estimate of drug-likeness (QED) is 0.614. The van der Waals surface area contributed by atoms with Crippen molar-refractivity contribution < 1.29 is 8.42 Å². The molecule has 0 bridgehead atoms. The van der Waals surface area contributed by atoms with E-state index in [1.54, 1.807) is 24.3 Å². The summed E-state index contributed by atoms with van der Waals surface area (Å²) in [7, 11) is -3.16. The summed E-state index contributed by atoms with van der Waals surface area (Å²) in [4.78, 5) is 4.89. The van der Waals surface area contributed by atoms with Crippen LogP contribution in [-0.2, 0) is 22.9 Å². The van der Waals surface area contributed by atoms with E-state index >= 15 is 0 Å². The van der Waals surface area contributed by atoms with Gasteiger partial charge < -0.3 is 10.6 Å². The van der Waals surface area contributed by atoms with Crippen molar-refractivity contribution in [2.75, 3.05) is 12.8 Å². The Labute approximate surface area is 150 Å². The van der Waals surface area contributed by atoms with Gasteiger partial charge in [-0.25, -0.2) is 13.4 Å². The summed E-state index contributed by atoms with van der Waals surface area (Å²) in [5.41, 5.74) is 3.42. The number of aryl methyl sites for hydroxylation is 1. The maximum atomic E-state index is 11.5. The summed E-state index contributed by atoms with van der Waals surface area (Å²) >= 11 is 0. The van der Waals surface area contributed by atoms with Crippen molar-refractivity contribution in [2.45, 2.75) is 31.8 Å². The Hall–Kier alpha value is -2.34. The number of nitrogens with zero attached hydrogens (tertiary/aromatic N) is 1. The van der Waals surface area contributed by atoms with Crippen LogP contribution in [0.15, 0.2) is 58.4 Å². The van der Waals surface area contributed by atoms with Crippen LogP contribution in [0.2, 0.25) is 0 Å². The van der Waals surface area contributed by atoms with Crippen LogP contribution in [0.25, 0.3) is 0 Å². The molecular weight excluding hydrogens is 334 g/mol. The molecule has 2 rings (SSSR count). The molecule has 2 aromatic carbocycles. The molecule has 0 amide bonds. The van der Waals surface area contributed by atoms with Crippen molar-refractivity contribution in [3.8, 4) is 0 Å². The van der Waals surface area contributed by atoms with E-state index in [9.17, 15) is 8.42 Å². The fourth-order valence-electron chi connectivity index (χ4n) is 2.34. The zero-order chi connectivity index (χ0) is 18.3. The molecule has 0 saturated heterocycles. The fraction of sp³-hybridized carbons (Fsp3) is 0.316. The van der Waals surface area contributed by atoms with Crippen molar-refractivity contribution in [1.29, 1.82) is 0 Å². The highest BCUT2D eigenvalue weighted by molar-refractivity contribution is 7.90. The van der Waals surface area contributed by atoms with E-state index in [2.05, 4.69) is 34.7 Å². The summed E-state index contributed by atoms with van der Waals surface area (Å²) in [5, 5.41) is 6.55. The van der Waals surface area contributed by atoms with Crippen molar-refractivity contribution >= 4 is 15.8 Å². The lowest BCUT2D eigenvalue weighted by Crippen LogP contribution is -2.36. The van der Waals surface area contributed by atoms with E-state index < -0.39 is 9.84 Å². The summed E-state index contributed by atoms with van der Waals surface area (Å²) in [5.74, 6) is 0.734. The molecule has 2 aromatic rings. The van der Waals surface area contributed by atoms with Crippen LogP contribution in [0.5, 0.6) is 0 Å². The standard InChI is InChI=1S/C19H25N3O2S/c1-4-20-19(22-14-17-8-6-5-7-15(17)2)21-13-16-9-11-18(12-10-16)25(3,23)24/h5-12H,4,13-14H2,1-3H3,(H2,20,21,22). The maximum Gasteiger partial charge on any atom is 0.191 e. The Morgan fingerprint density at radius 2 is 1.72 bits per heavy atom. The predicted molar refractivity (Wildman–Crippen MR) is 102 cm³/mol. The fourth-order valence-corrected chi connectivity index (χ4v) is 2.97. The van der Waals surface area contributed by atoms with Gasteiger partial charge in [-0.3, -0.25) is 0 Å². The van der Waals surface area contributed by atoms with Crippen molar-refractivity contribution in [3.05, 3.63) is 65.2 Å². The van der Waals surface area contributed by atoms with E-state index in [1.807, 2.05) is 19.1 Å². The minimum Gasteiger partial charge on any atom is -0.357 e. The summed E-state index contributed by atoms with van der Waals surface area (Å²) in [6.45, 7) is 6.06. The Kier molecular flexibility index (Phi) is 6.58. The van der Waals surface area contributed by atoms with Gasteiger partial charge in [0.1, 0.15) is 0 Å². The molecule has 0 spiro atoms. The molecule has 0 aromatic heterocycles. The van der Waals surface area contributed by atoms with Crippen LogP contribution in [0.4, 0.5) is 0 Å². The predicted octanol–water partition coefficient (Wildman–Crippen LogP) is 2.65. The number of rotatable bonds is 6. The lowest BCUT2D eigenvalue weighted by Gasteiger charge is -2.12. The Morgan fingerprint density at radius 3 is 2.32 bits per heavy atom. The topological polar surface area (TPSA) is 70.6 Å². The number of benzene rings is 2. The minimum atomic E-state index is -3.16. The van der Waals surface area contributed by atoms with Crippen LogP contribution in [-0.4, -0.2) is 27.2 Å². The number of hydrogen-bond acceptors (Lipinski definition) is 3. The van der Waals surface area contributed by atoms with Crippen LogP contribution >= 0.6 is 0 Å². The molecule has 0 unspecified atom stereocenters. The largest absolute Gasteiger partial charge is 0.357 e. The molecule has 0 radical (unpaired) electrons. The molecule has 0 saturated carbocycles. The number of aliphatic imine (C=N–C) groups is 1. The molecular formula is C19H25N3O2S. The van der Waals surface area contributed by atoms with E-state index in [4.69, 9.17) is 0 Å². The highest BCUT2D eigenvalue weighted by Gasteiger charge is 2.06. The number of sulfone groups is 1. The first-order valence-corrected chi connectivity index (χ1v) is 10.1. The van der Waals surface area contributed by atoms with Crippen LogP contribution in [0.1, 0.15) is 23.6 Å². The summed E-state index contributed by atoms with van der Waals surface area (Å²) in [6, 6.07) is 15.1. The molecule has 2 N–H and O–H groups in total. The summed E-state index contributed by atoms with van der Waals surface area (Å²) in [6.07, 6.45) is 1.21. The van der Waals surface area contributed by atoms with E-state index in [1.165, 1.54) is 17.4 Å². The van der Waals surface area contributed by atoms with E-state index in [0.29, 0.717) is 18.0 Å². The van der Waals surface area contributed by atoms with E-state index in [-0.39, 0.29) is 0 Å². The number of guanidine groups is 1. The number of nitrogens with one attached hydrogen (secondary N) is 2. The van der Waals surface area contributed by atoms with Gasteiger partial charge in [0.15, 0.2) is 15.8 Å². The third kappa shape index (κ3) is 5.90. The zero-order valence-electron chi connectivity index (χ0n) is 14.9. The van der Waals surface area contributed by atoms with Crippen molar-refractivity contribution in [2.24, 2.45) is 4.99 Å². The monoisotopic (exact) mass is 359 g/mol. The van der Waals surface area contributed by atoms with Gasteiger partial charge >= 0.3 is 0 Å². The SMILES string of the molecule is CCNC(=NCc1ccc(S(C)(=O)=O)cc1)NCc1ccccc1C. The summed E-state index contributed by atoms with van der Waals surface area (Å²) < 4.78 is 23.0. The molecule has 134 valence electrons. The van der Waals surface area contributed by atoms with Crippen molar-refractivity contribution in [3.63, 3.8) is 0 Å². The Balaban J connectivity index is 2.03. The molecule has 0 aliphatic rings. The normalized spacial score (nSPS) is 12.0. The van der Waals surface area contributed by atoms with Gasteiger partial charge in [-0.15, -0.1) is 0 Å². The molecule has 0 atom stereocenters. The molecule has 6 heteroatoms. The minimum absolute atomic E-state index is 0.324. The molecule has 25 heavy (non-hydrogen) atoms. The van der Waals surface area contributed by atoms with Gasteiger partial charge in [0.25, 0.3) is 0 Å². The second-order valence-corrected chi connectivity index (χ2v) is 7.91. The lowest BCUT2D eigenvalue weighted by atomic mass is 10.1. The highest BCUT2D eigenvalue weighted by atomic mass is 32.2. The molecule has 0 fully saturated rings. The van der Waals surface area contributed by atoms with E-state index in [0.717, 1.165) is 18.1 Å². The highest BCUT2D eigenvalue weighted by Crippen LogP contribution is 2.11. The first-order valence-electron chi connectivity index (χ1n) is 8.26. The first kappa shape index (κ1) is 19.0. The van der Waals surface area contributed by atoms with Gasteiger partial charge in [0, 0.05) is 19.3 Å². The van der Waals surface area contributed by atoms with Gasteiger partial charge in [-0.2, -0.15) is 0 Å². The lowest BCUT2D eigenvalue weighted by molar-refractivity contribution is 0.602. The third-order valence-electron chi connectivity index (χ3n) is 3.82. The second-order valence-electron chi connectivity index (χ2n) is 5.89.